The molecule has 17 heavy (non-hydrogen) atoms. The lowest BCUT2D eigenvalue weighted by Crippen LogP contribution is -1.93. The standard InChI is InChI=1S/C12H10ClFN2S/c1-6-3-9(13)8(5-10(6)14)11-4-7(2)15-12(17)16-11/h3-5H,1-2H3,(H,15,16,17). The molecule has 88 valence electrons. The second-order valence-corrected chi connectivity index (χ2v) is 4.63. The molecule has 0 atom stereocenters. The second kappa shape index (κ2) is 4.55. The third-order valence-corrected chi connectivity index (χ3v) is 2.91. The van der Waals surface area contributed by atoms with Gasteiger partial charge in [-0.25, -0.2) is 9.37 Å². The monoisotopic (exact) mass is 268 g/mol. The van der Waals surface area contributed by atoms with Crippen LogP contribution in [-0.4, -0.2) is 9.97 Å². The molecule has 0 unspecified atom stereocenters. The number of rotatable bonds is 1. The third-order valence-electron chi connectivity index (χ3n) is 2.40. The smallest absolute Gasteiger partial charge is 0.197 e. The largest absolute Gasteiger partial charge is 0.335 e. The van der Waals surface area contributed by atoms with Crippen LogP contribution in [-0.2, 0) is 0 Å². The molecule has 1 N–H and O–H groups in total. The van der Waals surface area contributed by atoms with Crippen molar-refractivity contribution >= 4 is 23.8 Å². The van der Waals surface area contributed by atoms with Crippen molar-refractivity contribution in [2.45, 2.75) is 13.8 Å². The van der Waals surface area contributed by atoms with Crippen LogP contribution >= 0.6 is 23.8 Å². The summed E-state index contributed by atoms with van der Waals surface area (Å²) in [7, 11) is 0. The van der Waals surface area contributed by atoms with E-state index in [9.17, 15) is 4.39 Å². The van der Waals surface area contributed by atoms with Crippen LogP contribution in [0.4, 0.5) is 4.39 Å². The number of aryl methyl sites for hydroxylation is 2. The Hall–Kier alpha value is -1.26. The van der Waals surface area contributed by atoms with Gasteiger partial charge in [0.25, 0.3) is 0 Å². The quantitative estimate of drug-likeness (QED) is 0.785. The highest BCUT2D eigenvalue weighted by Gasteiger charge is 2.09. The van der Waals surface area contributed by atoms with Crippen LogP contribution in [0.3, 0.4) is 0 Å². The number of H-pyrrole nitrogens is 1. The molecule has 0 aliphatic rings. The van der Waals surface area contributed by atoms with Crippen LogP contribution in [0, 0.1) is 24.4 Å². The number of nitrogens with zero attached hydrogens (tertiary/aromatic N) is 1. The van der Waals surface area contributed by atoms with Crippen molar-refractivity contribution in [3.05, 3.63) is 45.1 Å². The van der Waals surface area contributed by atoms with Gasteiger partial charge in [-0.2, -0.15) is 0 Å². The highest BCUT2D eigenvalue weighted by atomic mass is 35.5. The molecule has 0 spiro atoms. The minimum Gasteiger partial charge on any atom is -0.335 e. The molecule has 1 aromatic carbocycles. The van der Waals surface area contributed by atoms with Crippen LogP contribution in [0.5, 0.6) is 0 Å². The lowest BCUT2D eigenvalue weighted by Gasteiger charge is -2.06. The minimum atomic E-state index is -0.303. The van der Waals surface area contributed by atoms with Gasteiger partial charge in [0, 0.05) is 11.3 Å². The maximum absolute atomic E-state index is 13.5. The second-order valence-electron chi connectivity index (χ2n) is 3.84. The molecule has 0 radical (unpaired) electrons. The van der Waals surface area contributed by atoms with Gasteiger partial charge in [-0.05, 0) is 49.8 Å². The molecule has 5 heteroatoms. The number of hydrogen-bond donors (Lipinski definition) is 1. The van der Waals surface area contributed by atoms with E-state index in [2.05, 4.69) is 9.97 Å². The van der Waals surface area contributed by atoms with Gasteiger partial charge in [0.2, 0.25) is 0 Å². The van der Waals surface area contributed by atoms with Gasteiger partial charge < -0.3 is 4.98 Å². The summed E-state index contributed by atoms with van der Waals surface area (Å²) in [6, 6.07) is 4.75. The number of nitrogens with one attached hydrogen (secondary N) is 1. The van der Waals surface area contributed by atoms with E-state index in [1.54, 1.807) is 19.1 Å². The van der Waals surface area contributed by atoms with E-state index in [0.717, 1.165) is 5.69 Å². The SMILES string of the molecule is Cc1cc(-c2cc(F)c(C)cc2Cl)nc(=S)[nH]1. The van der Waals surface area contributed by atoms with Crippen LogP contribution in [0.25, 0.3) is 11.3 Å². The fourth-order valence-electron chi connectivity index (χ4n) is 1.56. The Morgan fingerprint density at radius 1 is 1.29 bits per heavy atom. The maximum Gasteiger partial charge on any atom is 0.197 e. The number of aromatic amines is 1. The first-order valence-corrected chi connectivity index (χ1v) is 5.80. The van der Waals surface area contributed by atoms with Crippen LogP contribution in [0.15, 0.2) is 18.2 Å². The molecule has 0 bridgehead atoms. The molecule has 0 amide bonds. The molecule has 0 aliphatic carbocycles. The number of aromatic nitrogens is 2. The van der Waals surface area contributed by atoms with E-state index in [1.807, 2.05) is 6.92 Å². The molecule has 1 heterocycles. The van der Waals surface area contributed by atoms with Gasteiger partial charge in [0.05, 0.1) is 10.7 Å². The summed E-state index contributed by atoms with van der Waals surface area (Å²) in [5.41, 5.74) is 2.50. The Labute approximate surface area is 108 Å². The zero-order valence-electron chi connectivity index (χ0n) is 9.34. The summed E-state index contributed by atoms with van der Waals surface area (Å²) in [5.74, 6) is -0.303. The molecule has 0 aliphatic heterocycles. The summed E-state index contributed by atoms with van der Waals surface area (Å²) in [6.45, 7) is 3.53. The molecule has 2 aromatic rings. The first-order valence-electron chi connectivity index (χ1n) is 5.01. The van der Waals surface area contributed by atoms with E-state index >= 15 is 0 Å². The van der Waals surface area contributed by atoms with Crippen LogP contribution < -0.4 is 0 Å². The van der Waals surface area contributed by atoms with Crippen molar-refractivity contribution in [2.75, 3.05) is 0 Å². The Kier molecular flexibility index (Phi) is 3.26. The highest BCUT2D eigenvalue weighted by Crippen LogP contribution is 2.29. The van der Waals surface area contributed by atoms with Crippen molar-refractivity contribution in [3.63, 3.8) is 0 Å². The average molecular weight is 269 g/mol. The molecule has 2 nitrogen and oxygen atoms in total. The van der Waals surface area contributed by atoms with E-state index < -0.39 is 0 Å². The molecule has 0 fully saturated rings. The number of benzene rings is 1. The fourth-order valence-corrected chi connectivity index (χ4v) is 2.13. The van der Waals surface area contributed by atoms with Gasteiger partial charge in [0.15, 0.2) is 4.77 Å². The summed E-state index contributed by atoms with van der Waals surface area (Å²) in [4.78, 5) is 7.04. The van der Waals surface area contributed by atoms with Crippen molar-refractivity contribution < 1.29 is 4.39 Å². The van der Waals surface area contributed by atoms with Gasteiger partial charge in [-0.1, -0.05) is 11.6 Å². The fraction of sp³-hybridized carbons (Fsp3) is 0.167. The normalized spacial score (nSPS) is 10.6. The molecule has 0 saturated carbocycles. The van der Waals surface area contributed by atoms with E-state index in [0.29, 0.717) is 26.6 Å². The lowest BCUT2D eigenvalue weighted by atomic mass is 10.1. The van der Waals surface area contributed by atoms with E-state index in [4.69, 9.17) is 23.8 Å². The predicted octanol–water partition coefficient (Wildman–Crippen LogP) is 4.22. The highest BCUT2D eigenvalue weighted by molar-refractivity contribution is 7.71. The van der Waals surface area contributed by atoms with E-state index in [-0.39, 0.29) is 5.82 Å². The summed E-state index contributed by atoms with van der Waals surface area (Å²) in [5, 5.41) is 0.469. The third kappa shape index (κ3) is 2.53. The average Bonchev–Trinajstić information content (AvgIpc) is 2.22. The molecule has 1 aromatic heterocycles. The first-order chi connectivity index (χ1) is 7.97. The summed E-state index contributed by atoms with van der Waals surface area (Å²) < 4.78 is 13.9. The lowest BCUT2D eigenvalue weighted by molar-refractivity contribution is 0.619. The van der Waals surface area contributed by atoms with E-state index in [1.165, 1.54) is 6.07 Å². The molecular formula is C12H10ClFN2S. The Bertz CT molecular complexity index is 637. The Balaban J connectivity index is 2.68. The van der Waals surface area contributed by atoms with Gasteiger partial charge in [-0.3, -0.25) is 0 Å². The van der Waals surface area contributed by atoms with Gasteiger partial charge in [-0.15, -0.1) is 0 Å². The van der Waals surface area contributed by atoms with Crippen LogP contribution in [0.1, 0.15) is 11.3 Å². The van der Waals surface area contributed by atoms with Crippen molar-refractivity contribution in [1.82, 2.24) is 9.97 Å². The van der Waals surface area contributed by atoms with Crippen molar-refractivity contribution in [1.29, 1.82) is 0 Å². The molecular weight excluding hydrogens is 259 g/mol. The Morgan fingerprint density at radius 2 is 2.00 bits per heavy atom. The summed E-state index contributed by atoms with van der Waals surface area (Å²) >= 11 is 11.1. The minimum absolute atomic E-state index is 0.303. The maximum atomic E-state index is 13.5. The predicted molar refractivity (Wildman–Crippen MR) is 69.3 cm³/mol. The Morgan fingerprint density at radius 3 is 2.65 bits per heavy atom. The van der Waals surface area contributed by atoms with Gasteiger partial charge >= 0.3 is 0 Å². The van der Waals surface area contributed by atoms with Crippen LogP contribution in [0.2, 0.25) is 5.02 Å². The van der Waals surface area contributed by atoms with Crippen molar-refractivity contribution in [2.24, 2.45) is 0 Å². The van der Waals surface area contributed by atoms with Crippen molar-refractivity contribution in [3.8, 4) is 11.3 Å². The first kappa shape index (κ1) is 12.2. The van der Waals surface area contributed by atoms with Gasteiger partial charge in [0.1, 0.15) is 5.82 Å². The molecule has 2 rings (SSSR count). The zero-order valence-corrected chi connectivity index (χ0v) is 10.9. The summed E-state index contributed by atoms with van der Waals surface area (Å²) in [6.07, 6.45) is 0. The zero-order chi connectivity index (χ0) is 12.6. The number of halogens is 2. The topological polar surface area (TPSA) is 28.7 Å². The molecule has 0 saturated heterocycles. The number of hydrogen-bond acceptors (Lipinski definition) is 2.